The lowest BCUT2D eigenvalue weighted by atomic mass is 10.0. The third-order valence-corrected chi connectivity index (χ3v) is 7.84. The van der Waals surface area contributed by atoms with E-state index in [4.69, 9.17) is 5.73 Å². The number of hydrogen-bond acceptors (Lipinski definition) is 6. The van der Waals surface area contributed by atoms with Gasteiger partial charge in [-0.2, -0.15) is 0 Å². The molecule has 0 saturated carbocycles. The average Bonchev–Trinajstić information content (AvgIpc) is 3.28. The Bertz CT molecular complexity index is 1240. The summed E-state index contributed by atoms with van der Waals surface area (Å²) in [6.07, 6.45) is 3.30. The van der Waals surface area contributed by atoms with E-state index in [1.165, 1.54) is 11.8 Å². The number of benzene rings is 2. The van der Waals surface area contributed by atoms with Gasteiger partial charge in [0.2, 0.25) is 10.0 Å². The van der Waals surface area contributed by atoms with E-state index in [-0.39, 0.29) is 10.5 Å². The molecular weight excluding hydrogens is 444 g/mol. The van der Waals surface area contributed by atoms with Gasteiger partial charge < -0.3 is 10.7 Å². The predicted molar refractivity (Wildman–Crippen MR) is 127 cm³/mol. The Morgan fingerprint density at radius 2 is 1.72 bits per heavy atom. The average molecular weight is 471 g/mol. The van der Waals surface area contributed by atoms with E-state index < -0.39 is 10.0 Å². The van der Waals surface area contributed by atoms with Gasteiger partial charge in [-0.25, -0.2) is 18.1 Å². The maximum atomic E-state index is 12.3. The molecule has 4 rings (SSSR count). The molecule has 0 fully saturated rings. The van der Waals surface area contributed by atoms with Crippen LogP contribution in [0.25, 0.3) is 11.1 Å². The van der Waals surface area contributed by atoms with Gasteiger partial charge in [-0.1, -0.05) is 48.2 Å². The smallest absolute Gasteiger partial charge is 0.254 e. The Kier molecular flexibility index (Phi) is 7.10. The van der Waals surface area contributed by atoms with E-state index in [1.807, 2.05) is 24.3 Å². The summed E-state index contributed by atoms with van der Waals surface area (Å²) in [5.74, 6) is 0.702. The molecule has 168 valence electrons. The van der Waals surface area contributed by atoms with Crippen LogP contribution in [-0.2, 0) is 28.6 Å². The first-order chi connectivity index (χ1) is 15.5. The van der Waals surface area contributed by atoms with Gasteiger partial charge in [-0.15, -0.1) is 0 Å². The second-order valence-electron chi connectivity index (χ2n) is 7.70. The molecule has 0 amide bonds. The van der Waals surface area contributed by atoms with Crippen LogP contribution in [0, 0.1) is 0 Å². The maximum Gasteiger partial charge on any atom is 0.254 e. The molecule has 0 radical (unpaired) electrons. The van der Waals surface area contributed by atoms with Crippen molar-refractivity contribution in [3.63, 3.8) is 0 Å². The number of nitrogens with one attached hydrogen (secondary N) is 2. The van der Waals surface area contributed by atoms with Crippen molar-refractivity contribution in [2.45, 2.75) is 41.5 Å². The first-order valence-corrected chi connectivity index (χ1v) is 13.1. The van der Waals surface area contributed by atoms with Gasteiger partial charge in [0.15, 0.2) is 5.16 Å². The summed E-state index contributed by atoms with van der Waals surface area (Å²) in [5.41, 5.74) is 10.2. The third kappa shape index (κ3) is 5.29. The normalized spacial score (nSPS) is 13.3. The van der Waals surface area contributed by atoms with Crippen LogP contribution in [-0.4, -0.2) is 31.5 Å². The quantitative estimate of drug-likeness (QED) is 0.251. The number of H-pyrrole nitrogens is 1. The Balaban J connectivity index is 1.39. The Morgan fingerprint density at radius 3 is 2.41 bits per heavy atom. The van der Waals surface area contributed by atoms with Crippen LogP contribution < -0.4 is 16.0 Å². The monoisotopic (exact) mass is 470 g/mol. The fourth-order valence-corrected chi connectivity index (χ4v) is 5.56. The van der Waals surface area contributed by atoms with Crippen LogP contribution in [0.1, 0.15) is 29.7 Å². The molecule has 4 N–H and O–H groups in total. The molecule has 7 nitrogen and oxygen atoms in total. The Hall–Kier alpha value is -2.46. The zero-order valence-corrected chi connectivity index (χ0v) is 19.3. The van der Waals surface area contributed by atoms with E-state index in [0.717, 1.165) is 47.2 Å². The SMILES string of the molecule is NCCCNS(=O)(=O)c1ccc(-c2ccc(CSc3nc4c(c(=O)[nH]3)CCC4)cc2)cc1. The summed E-state index contributed by atoms with van der Waals surface area (Å²) in [7, 11) is -3.52. The molecule has 0 aliphatic heterocycles. The van der Waals surface area contributed by atoms with E-state index in [0.29, 0.717) is 30.4 Å². The number of nitrogens with zero attached hydrogens (tertiary/aromatic N) is 1. The standard InChI is InChI=1S/C23H26N4O3S2/c24-13-2-14-25-32(29,30)19-11-9-18(10-12-19)17-7-5-16(6-8-17)15-31-23-26-21-4-1-3-20(21)22(28)27-23/h5-12,25H,1-4,13-15,24H2,(H,26,27,28). The molecule has 32 heavy (non-hydrogen) atoms. The molecule has 0 atom stereocenters. The topological polar surface area (TPSA) is 118 Å². The molecule has 3 aromatic rings. The fourth-order valence-electron chi connectivity index (χ4n) is 3.65. The molecule has 2 aromatic carbocycles. The maximum absolute atomic E-state index is 12.3. The van der Waals surface area contributed by atoms with Crippen molar-refractivity contribution in [2.75, 3.05) is 13.1 Å². The van der Waals surface area contributed by atoms with Crippen LogP contribution in [0.3, 0.4) is 0 Å². The first-order valence-electron chi connectivity index (χ1n) is 10.6. The number of fused-ring (bicyclic) bond motifs is 1. The summed E-state index contributed by atoms with van der Waals surface area (Å²) >= 11 is 1.52. The number of aromatic nitrogens is 2. The number of nitrogens with two attached hydrogens (primary N) is 1. The summed E-state index contributed by atoms with van der Waals surface area (Å²) in [6.45, 7) is 0.770. The highest BCUT2D eigenvalue weighted by Crippen LogP contribution is 2.25. The molecule has 0 unspecified atom stereocenters. The summed E-state index contributed by atoms with van der Waals surface area (Å²) in [4.78, 5) is 19.9. The van der Waals surface area contributed by atoms with Crippen LogP contribution in [0.5, 0.6) is 0 Å². The van der Waals surface area contributed by atoms with Crippen LogP contribution in [0.2, 0.25) is 0 Å². The van der Waals surface area contributed by atoms with E-state index in [1.54, 1.807) is 24.3 Å². The fraction of sp³-hybridized carbons (Fsp3) is 0.304. The highest BCUT2D eigenvalue weighted by Gasteiger charge is 2.17. The minimum absolute atomic E-state index is 0.00890. The van der Waals surface area contributed by atoms with Crippen molar-refractivity contribution in [2.24, 2.45) is 5.73 Å². The number of aryl methyl sites for hydroxylation is 1. The van der Waals surface area contributed by atoms with E-state index in [9.17, 15) is 13.2 Å². The minimum atomic E-state index is -3.52. The molecule has 0 saturated heterocycles. The highest BCUT2D eigenvalue weighted by atomic mass is 32.2. The van der Waals surface area contributed by atoms with Gasteiger partial charge in [0.25, 0.3) is 5.56 Å². The molecule has 1 aliphatic carbocycles. The third-order valence-electron chi connectivity index (χ3n) is 5.42. The van der Waals surface area contributed by atoms with Crippen LogP contribution in [0.4, 0.5) is 0 Å². The second kappa shape index (κ2) is 9.99. The number of rotatable bonds is 9. The Labute approximate surface area is 191 Å². The van der Waals surface area contributed by atoms with Gasteiger partial charge in [-0.3, -0.25) is 4.79 Å². The second-order valence-corrected chi connectivity index (χ2v) is 10.4. The van der Waals surface area contributed by atoms with E-state index in [2.05, 4.69) is 14.7 Å². The number of sulfonamides is 1. The lowest BCUT2D eigenvalue weighted by molar-refractivity contribution is 0.579. The number of aromatic amines is 1. The Morgan fingerprint density at radius 1 is 1.03 bits per heavy atom. The van der Waals surface area contributed by atoms with Gasteiger partial charge in [0.05, 0.1) is 10.6 Å². The lowest BCUT2D eigenvalue weighted by Crippen LogP contribution is -2.26. The minimum Gasteiger partial charge on any atom is -0.330 e. The van der Waals surface area contributed by atoms with Crippen molar-refractivity contribution >= 4 is 21.8 Å². The number of thioether (sulfide) groups is 1. The summed E-state index contributed by atoms with van der Waals surface area (Å²) < 4.78 is 27.1. The molecule has 1 heterocycles. The van der Waals surface area contributed by atoms with Crippen molar-refractivity contribution in [3.8, 4) is 11.1 Å². The van der Waals surface area contributed by atoms with Gasteiger partial charge in [-0.05, 0) is 61.1 Å². The molecule has 1 aromatic heterocycles. The predicted octanol–water partition coefficient (Wildman–Crippen LogP) is 2.85. The van der Waals surface area contributed by atoms with Crippen molar-refractivity contribution in [1.29, 1.82) is 0 Å². The zero-order chi connectivity index (χ0) is 22.6. The van der Waals surface area contributed by atoms with Crippen LogP contribution >= 0.6 is 11.8 Å². The molecule has 0 spiro atoms. The van der Waals surface area contributed by atoms with Gasteiger partial charge >= 0.3 is 0 Å². The summed E-state index contributed by atoms with van der Waals surface area (Å²) in [5, 5.41) is 0.664. The number of hydrogen-bond donors (Lipinski definition) is 3. The highest BCUT2D eigenvalue weighted by molar-refractivity contribution is 7.98. The van der Waals surface area contributed by atoms with Crippen LogP contribution in [0.15, 0.2) is 63.4 Å². The van der Waals surface area contributed by atoms with Gasteiger partial charge in [0.1, 0.15) is 0 Å². The largest absolute Gasteiger partial charge is 0.330 e. The molecular formula is C23H26N4O3S2. The first kappa shape index (κ1) is 22.7. The van der Waals surface area contributed by atoms with Gasteiger partial charge in [0, 0.05) is 17.9 Å². The molecule has 0 bridgehead atoms. The van der Waals surface area contributed by atoms with Crippen molar-refractivity contribution in [3.05, 3.63) is 75.7 Å². The van der Waals surface area contributed by atoms with Crippen molar-refractivity contribution < 1.29 is 8.42 Å². The van der Waals surface area contributed by atoms with Crippen molar-refractivity contribution in [1.82, 2.24) is 14.7 Å². The zero-order valence-electron chi connectivity index (χ0n) is 17.6. The lowest BCUT2D eigenvalue weighted by Gasteiger charge is -2.08. The summed E-state index contributed by atoms with van der Waals surface area (Å²) in [6, 6.07) is 14.9. The molecule has 1 aliphatic rings. The van der Waals surface area contributed by atoms with E-state index >= 15 is 0 Å². The molecule has 9 heteroatoms.